The van der Waals surface area contributed by atoms with Crippen LogP contribution in [0.4, 0.5) is 0 Å². The van der Waals surface area contributed by atoms with Gasteiger partial charge in [-0.05, 0) is 62.4 Å². The Balaban J connectivity index is 1.20. The molecular weight excluding hydrogens is 639 g/mol. The first kappa shape index (κ1) is 32.7. The van der Waals surface area contributed by atoms with Crippen molar-refractivity contribution in [1.82, 2.24) is 34.7 Å². The van der Waals surface area contributed by atoms with Crippen LogP contribution >= 0.6 is 0 Å². The van der Waals surface area contributed by atoms with E-state index in [0.717, 1.165) is 76.4 Å². The maximum absolute atomic E-state index is 4.99. The van der Waals surface area contributed by atoms with Crippen molar-refractivity contribution in [1.29, 1.82) is 0 Å². The molecule has 0 fully saturated rings. The summed E-state index contributed by atoms with van der Waals surface area (Å²) in [7, 11) is 0. The number of benzene rings is 5. The Morgan fingerprint density at radius 3 is 1.79 bits per heavy atom. The van der Waals surface area contributed by atoms with Gasteiger partial charge in [-0.25, -0.2) is 9.67 Å². The zero-order chi connectivity index (χ0) is 35.2. The third kappa shape index (κ3) is 6.22. The quantitative estimate of drug-likeness (QED) is 0.121. The van der Waals surface area contributed by atoms with Gasteiger partial charge in [-0.15, -0.1) is 5.10 Å². The average Bonchev–Trinajstić information content (AvgIpc) is 3.87. The molecule has 5 aromatic carbocycles. The molecule has 3 aromatic heterocycles. The average molecular weight is 678 g/mol. The molecule has 0 amide bonds. The summed E-state index contributed by atoms with van der Waals surface area (Å²) in [6.45, 7) is 2.94. The second-order valence-electron chi connectivity index (χ2n) is 13.0. The van der Waals surface area contributed by atoms with Crippen LogP contribution in [0.25, 0.3) is 33.9 Å². The van der Waals surface area contributed by atoms with E-state index in [1.807, 2.05) is 47.3 Å². The van der Waals surface area contributed by atoms with Crippen LogP contribution in [-0.4, -0.2) is 34.7 Å². The number of imidazole rings is 1. The van der Waals surface area contributed by atoms with E-state index in [9.17, 15) is 0 Å². The van der Waals surface area contributed by atoms with E-state index < -0.39 is 5.54 Å². The van der Waals surface area contributed by atoms with Crippen molar-refractivity contribution in [2.75, 3.05) is 0 Å². The predicted octanol–water partition coefficient (Wildman–Crippen LogP) is 9.50. The minimum absolute atomic E-state index is 0.678. The van der Waals surface area contributed by atoms with Gasteiger partial charge in [0, 0.05) is 30.9 Å². The molecule has 8 aromatic rings. The van der Waals surface area contributed by atoms with E-state index in [0.29, 0.717) is 5.82 Å². The Morgan fingerprint density at radius 1 is 0.596 bits per heavy atom. The van der Waals surface area contributed by atoms with Gasteiger partial charge in [0.2, 0.25) is 0 Å². The van der Waals surface area contributed by atoms with Crippen LogP contribution in [0.1, 0.15) is 47.8 Å². The molecule has 3 heterocycles. The number of aryl methyl sites for hydroxylation is 1. The predicted molar refractivity (Wildman–Crippen MR) is 206 cm³/mol. The molecule has 0 aliphatic heterocycles. The third-order valence-electron chi connectivity index (χ3n) is 9.69. The van der Waals surface area contributed by atoms with Gasteiger partial charge in [-0.2, -0.15) is 0 Å². The molecule has 0 aliphatic rings. The van der Waals surface area contributed by atoms with Gasteiger partial charge in [0.05, 0.1) is 5.69 Å². The number of unbranched alkanes of at least 4 members (excludes halogenated alkanes) is 1. The molecular formula is C45H39N7. The van der Waals surface area contributed by atoms with Gasteiger partial charge in [-0.1, -0.05) is 159 Å². The van der Waals surface area contributed by atoms with Crippen LogP contribution < -0.4 is 0 Å². The molecule has 0 N–H and O–H groups in total. The lowest BCUT2D eigenvalue weighted by atomic mass is 9.77. The summed E-state index contributed by atoms with van der Waals surface area (Å²) in [5, 5.41) is 13.9. The molecule has 0 spiro atoms. The van der Waals surface area contributed by atoms with Crippen LogP contribution in [0, 0.1) is 0 Å². The van der Waals surface area contributed by atoms with Gasteiger partial charge in [0.1, 0.15) is 17.1 Å². The molecule has 0 saturated carbocycles. The number of pyridine rings is 1. The van der Waals surface area contributed by atoms with Gasteiger partial charge in [0.25, 0.3) is 0 Å². The Labute approximate surface area is 304 Å². The fourth-order valence-corrected chi connectivity index (χ4v) is 7.17. The monoisotopic (exact) mass is 677 g/mol. The fourth-order valence-electron chi connectivity index (χ4n) is 7.17. The highest BCUT2D eigenvalue weighted by molar-refractivity contribution is 5.81. The van der Waals surface area contributed by atoms with Gasteiger partial charge in [0.15, 0.2) is 5.82 Å². The second kappa shape index (κ2) is 14.8. The van der Waals surface area contributed by atoms with Crippen molar-refractivity contribution < 1.29 is 0 Å². The van der Waals surface area contributed by atoms with Crippen LogP contribution in [-0.2, 0) is 18.5 Å². The van der Waals surface area contributed by atoms with Crippen LogP contribution in [0.15, 0.2) is 170 Å². The first-order chi connectivity index (χ1) is 25.8. The normalized spacial score (nSPS) is 11.5. The lowest BCUT2D eigenvalue weighted by Crippen LogP contribution is -2.39. The molecule has 7 heteroatoms. The maximum Gasteiger partial charge on any atom is 0.184 e. The number of rotatable bonds is 12. The summed E-state index contributed by atoms with van der Waals surface area (Å²) < 4.78 is 4.27. The minimum Gasteiger partial charge on any atom is -0.330 e. The smallest absolute Gasteiger partial charge is 0.184 e. The van der Waals surface area contributed by atoms with Crippen LogP contribution in [0.2, 0.25) is 0 Å². The van der Waals surface area contributed by atoms with Crippen molar-refractivity contribution in [3.05, 3.63) is 198 Å². The zero-order valence-corrected chi connectivity index (χ0v) is 29.1. The zero-order valence-electron chi connectivity index (χ0n) is 29.1. The Kier molecular flexibility index (Phi) is 9.31. The number of hydrogen-bond donors (Lipinski definition) is 0. The highest BCUT2D eigenvalue weighted by Gasteiger charge is 2.42. The first-order valence-corrected chi connectivity index (χ1v) is 17.9. The van der Waals surface area contributed by atoms with E-state index in [2.05, 4.69) is 149 Å². The van der Waals surface area contributed by atoms with Crippen molar-refractivity contribution in [3.63, 3.8) is 0 Å². The van der Waals surface area contributed by atoms with Crippen molar-refractivity contribution >= 4 is 0 Å². The molecule has 7 nitrogen and oxygen atoms in total. The SMILES string of the molecule is CCCCc1nc(-c2ccccn2)cn1Cc1ccc(-c2ccccc2-c2nnnn2C(c2ccccc2)(c2ccccc2)c2ccccc2)cc1. The summed E-state index contributed by atoms with van der Waals surface area (Å²) in [4.78, 5) is 9.54. The maximum atomic E-state index is 4.99. The van der Waals surface area contributed by atoms with E-state index in [1.54, 1.807) is 0 Å². The van der Waals surface area contributed by atoms with Crippen LogP contribution in [0.5, 0.6) is 0 Å². The summed E-state index contributed by atoms with van der Waals surface area (Å²) >= 11 is 0. The standard InChI is InChI=1S/C45H39N7/c1-2-3-26-43-47-42(41-25-15-16-31-46-41)33-51(43)32-34-27-29-35(30-28-34)39-23-13-14-24-40(39)44-48-49-50-52(44)45(36-17-7-4-8-18-36,37-19-9-5-10-20-37)38-21-11-6-12-22-38/h4-25,27-31,33H,2-3,26,32H2,1H3. The highest BCUT2D eigenvalue weighted by atomic mass is 15.6. The highest BCUT2D eigenvalue weighted by Crippen LogP contribution is 2.43. The van der Waals surface area contributed by atoms with Crippen molar-refractivity contribution in [3.8, 4) is 33.9 Å². The van der Waals surface area contributed by atoms with Gasteiger partial charge >= 0.3 is 0 Å². The Hall–Kier alpha value is -6.47. The third-order valence-corrected chi connectivity index (χ3v) is 9.69. The second-order valence-corrected chi connectivity index (χ2v) is 13.0. The van der Waals surface area contributed by atoms with Crippen LogP contribution in [0.3, 0.4) is 0 Å². The lowest BCUT2D eigenvalue weighted by Gasteiger charge is -2.36. The minimum atomic E-state index is -0.839. The number of hydrogen-bond acceptors (Lipinski definition) is 5. The Bertz CT molecular complexity index is 2250. The number of nitrogens with zero attached hydrogens (tertiary/aromatic N) is 7. The molecule has 0 saturated heterocycles. The molecule has 52 heavy (non-hydrogen) atoms. The van der Waals surface area contributed by atoms with E-state index in [4.69, 9.17) is 15.3 Å². The molecule has 8 rings (SSSR count). The van der Waals surface area contributed by atoms with Crippen molar-refractivity contribution in [2.45, 2.75) is 38.3 Å². The summed E-state index contributed by atoms with van der Waals surface area (Å²) in [6, 6.07) is 54.7. The number of aromatic nitrogens is 7. The van der Waals surface area contributed by atoms with Gasteiger partial charge < -0.3 is 4.57 Å². The fraction of sp³-hybridized carbons (Fsp3) is 0.133. The topological polar surface area (TPSA) is 74.3 Å². The molecule has 0 aliphatic carbocycles. The van der Waals surface area contributed by atoms with Crippen molar-refractivity contribution in [2.24, 2.45) is 0 Å². The van der Waals surface area contributed by atoms with E-state index in [-0.39, 0.29) is 0 Å². The number of tetrazole rings is 1. The largest absolute Gasteiger partial charge is 0.330 e. The molecule has 0 unspecified atom stereocenters. The first-order valence-electron chi connectivity index (χ1n) is 17.9. The lowest BCUT2D eigenvalue weighted by molar-refractivity contribution is 0.451. The summed E-state index contributed by atoms with van der Waals surface area (Å²) in [5.41, 5.74) is 8.44. The van der Waals surface area contributed by atoms with Gasteiger partial charge in [-0.3, -0.25) is 4.98 Å². The summed E-state index contributed by atoms with van der Waals surface area (Å²) in [6.07, 6.45) is 7.09. The molecule has 254 valence electrons. The Morgan fingerprint density at radius 2 is 1.19 bits per heavy atom. The van der Waals surface area contributed by atoms with E-state index >= 15 is 0 Å². The summed E-state index contributed by atoms with van der Waals surface area (Å²) in [5.74, 6) is 1.76. The molecule has 0 bridgehead atoms. The molecule has 0 radical (unpaired) electrons. The van der Waals surface area contributed by atoms with E-state index in [1.165, 1.54) is 5.56 Å². The molecule has 0 atom stereocenters.